The van der Waals surface area contributed by atoms with Crippen molar-refractivity contribution >= 4 is 26.9 Å². The molecule has 0 spiro atoms. The van der Waals surface area contributed by atoms with Gasteiger partial charge in [0.1, 0.15) is 11.3 Å². The Morgan fingerprint density at radius 3 is 3.00 bits per heavy atom. The molecule has 0 N–H and O–H groups in total. The van der Waals surface area contributed by atoms with Crippen LogP contribution < -0.4 is 0 Å². The lowest BCUT2D eigenvalue weighted by Crippen LogP contribution is -1.82. The summed E-state index contributed by atoms with van der Waals surface area (Å²) < 4.78 is 6.59. The average molecular weight is 250 g/mol. The molecule has 0 fully saturated rings. The topological polar surface area (TPSA) is 17.5 Å². The number of nitrogens with zero attached hydrogens (tertiary/aromatic N) is 1. The summed E-state index contributed by atoms with van der Waals surface area (Å²) in [4.78, 5) is 3.30. The van der Waals surface area contributed by atoms with E-state index in [4.69, 9.17) is 11.0 Å². The lowest BCUT2D eigenvalue weighted by molar-refractivity contribution is 0.555. The first-order valence-corrected chi connectivity index (χ1v) is 5.10. The van der Waals surface area contributed by atoms with E-state index in [1.807, 2.05) is 24.3 Å². The first-order valence-electron chi connectivity index (χ1n) is 4.31. The predicted octanol–water partition coefficient (Wildman–Crippen LogP) is 3.66. The number of hydrogen-bond acceptors (Lipinski definition) is 1. The fraction of sp³-hybridized carbons (Fsp3) is 0.182. The van der Waals surface area contributed by atoms with Gasteiger partial charge in [0.2, 0.25) is 6.54 Å². The standard InChI is InChI=1S/C11H8BrNO/c1-13-5-4-10-6-8-2-3-9(12)7-11(8)14-10/h2-3,6-7H,4-5H2. The van der Waals surface area contributed by atoms with Crippen molar-refractivity contribution in [2.75, 3.05) is 6.54 Å². The van der Waals surface area contributed by atoms with Crippen LogP contribution in [0.2, 0.25) is 0 Å². The number of fused-ring (bicyclic) bond motifs is 1. The third-order valence-electron chi connectivity index (χ3n) is 2.00. The highest BCUT2D eigenvalue weighted by Gasteiger charge is 2.04. The summed E-state index contributed by atoms with van der Waals surface area (Å²) in [6, 6.07) is 7.92. The monoisotopic (exact) mass is 249 g/mol. The van der Waals surface area contributed by atoms with Crippen LogP contribution in [0.3, 0.4) is 0 Å². The van der Waals surface area contributed by atoms with Crippen LogP contribution in [-0.2, 0) is 6.42 Å². The Morgan fingerprint density at radius 2 is 2.21 bits per heavy atom. The third-order valence-corrected chi connectivity index (χ3v) is 2.50. The van der Waals surface area contributed by atoms with Crippen LogP contribution in [0.5, 0.6) is 0 Å². The normalized spacial score (nSPS) is 10.3. The van der Waals surface area contributed by atoms with Gasteiger partial charge in [-0.25, -0.2) is 6.57 Å². The molecule has 1 aromatic carbocycles. The fourth-order valence-corrected chi connectivity index (χ4v) is 1.69. The lowest BCUT2D eigenvalue weighted by Gasteiger charge is -1.88. The quantitative estimate of drug-likeness (QED) is 0.743. The van der Waals surface area contributed by atoms with E-state index in [1.54, 1.807) is 0 Å². The molecule has 0 saturated carbocycles. The zero-order valence-corrected chi connectivity index (χ0v) is 9.04. The van der Waals surface area contributed by atoms with Gasteiger partial charge in [-0.05, 0) is 24.3 Å². The molecule has 2 nitrogen and oxygen atoms in total. The second-order valence-electron chi connectivity index (χ2n) is 3.03. The van der Waals surface area contributed by atoms with Crippen molar-refractivity contribution in [2.24, 2.45) is 0 Å². The van der Waals surface area contributed by atoms with Crippen LogP contribution in [-0.4, -0.2) is 6.54 Å². The highest BCUT2D eigenvalue weighted by molar-refractivity contribution is 9.10. The molecule has 0 unspecified atom stereocenters. The van der Waals surface area contributed by atoms with E-state index in [2.05, 4.69) is 20.8 Å². The summed E-state index contributed by atoms with van der Waals surface area (Å²) in [6.45, 7) is 7.18. The zero-order valence-electron chi connectivity index (χ0n) is 7.46. The van der Waals surface area contributed by atoms with E-state index in [-0.39, 0.29) is 0 Å². The largest absolute Gasteiger partial charge is 0.461 e. The molecular weight excluding hydrogens is 242 g/mol. The summed E-state index contributed by atoms with van der Waals surface area (Å²) in [6.07, 6.45) is 0.690. The molecule has 3 heteroatoms. The summed E-state index contributed by atoms with van der Waals surface area (Å²) in [5.41, 5.74) is 0.874. The first kappa shape index (κ1) is 9.29. The van der Waals surface area contributed by atoms with Gasteiger partial charge in [0.15, 0.2) is 0 Å². The average Bonchev–Trinajstić information content (AvgIpc) is 2.56. The van der Waals surface area contributed by atoms with Gasteiger partial charge in [-0.2, -0.15) is 0 Å². The Bertz CT molecular complexity index is 495. The molecule has 1 heterocycles. The molecule has 0 bridgehead atoms. The molecule has 2 rings (SSSR count). The number of hydrogen-bond donors (Lipinski definition) is 0. The molecule has 0 aliphatic heterocycles. The highest BCUT2D eigenvalue weighted by atomic mass is 79.9. The Hall–Kier alpha value is -1.27. The third kappa shape index (κ3) is 1.80. The van der Waals surface area contributed by atoms with Gasteiger partial charge in [0.05, 0.1) is 6.42 Å². The van der Waals surface area contributed by atoms with Crippen molar-refractivity contribution < 1.29 is 4.42 Å². The predicted molar refractivity (Wildman–Crippen MR) is 59.1 cm³/mol. The number of furan rings is 1. The molecule has 2 aromatic rings. The van der Waals surface area contributed by atoms with Crippen molar-refractivity contribution in [1.82, 2.24) is 0 Å². The molecule has 70 valence electrons. The van der Waals surface area contributed by atoms with Crippen LogP contribution in [0, 0.1) is 6.57 Å². The molecule has 0 atom stereocenters. The van der Waals surface area contributed by atoms with Gasteiger partial charge < -0.3 is 9.26 Å². The number of halogens is 1. The molecule has 0 aliphatic rings. The Labute approximate surface area is 90.5 Å². The van der Waals surface area contributed by atoms with Crippen molar-refractivity contribution in [3.05, 3.63) is 45.9 Å². The lowest BCUT2D eigenvalue weighted by atomic mass is 10.2. The first-order chi connectivity index (χ1) is 6.79. The van der Waals surface area contributed by atoms with Crippen molar-refractivity contribution in [3.63, 3.8) is 0 Å². The summed E-state index contributed by atoms with van der Waals surface area (Å²) in [5.74, 6) is 0.883. The van der Waals surface area contributed by atoms with E-state index in [1.165, 1.54) is 0 Å². The number of rotatable bonds is 2. The van der Waals surface area contributed by atoms with Gasteiger partial charge in [-0.15, -0.1) is 0 Å². The van der Waals surface area contributed by atoms with Crippen LogP contribution in [0.1, 0.15) is 5.76 Å². The summed E-state index contributed by atoms with van der Waals surface area (Å²) in [5, 5.41) is 1.09. The van der Waals surface area contributed by atoms with Gasteiger partial charge in [0.25, 0.3) is 0 Å². The van der Waals surface area contributed by atoms with Crippen LogP contribution in [0.15, 0.2) is 33.2 Å². The molecule has 1 aromatic heterocycles. The fourth-order valence-electron chi connectivity index (χ4n) is 1.35. The van der Waals surface area contributed by atoms with Crippen molar-refractivity contribution in [3.8, 4) is 0 Å². The van der Waals surface area contributed by atoms with Gasteiger partial charge in [-0.1, -0.05) is 15.9 Å². The summed E-state index contributed by atoms with van der Waals surface area (Å²) in [7, 11) is 0. The molecule has 0 radical (unpaired) electrons. The smallest absolute Gasteiger partial charge is 0.221 e. The van der Waals surface area contributed by atoms with Crippen LogP contribution >= 0.6 is 15.9 Å². The Balaban J connectivity index is 2.37. The van der Waals surface area contributed by atoms with E-state index in [0.717, 1.165) is 21.2 Å². The van der Waals surface area contributed by atoms with Gasteiger partial charge in [0, 0.05) is 9.86 Å². The maximum absolute atomic E-state index is 6.70. The Morgan fingerprint density at radius 1 is 1.36 bits per heavy atom. The molecule has 0 amide bonds. The molecule has 14 heavy (non-hydrogen) atoms. The highest BCUT2D eigenvalue weighted by Crippen LogP contribution is 2.23. The molecule has 0 aliphatic carbocycles. The van der Waals surface area contributed by atoms with E-state index in [0.29, 0.717) is 13.0 Å². The minimum atomic E-state index is 0.487. The van der Waals surface area contributed by atoms with Gasteiger partial charge >= 0.3 is 0 Å². The zero-order chi connectivity index (χ0) is 9.97. The maximum atomic E-state index is 6.70. The van der Waals surface area contributed by atoms with Crippen LogP contribution in [0.4, 0.5) is 0 Å². The molecule has 0 saturated heterocycles. The summed E-state index contributed by atoms with van der Waals surface area (Å²) >= 11 is 3.39. The van der Waals surface area contributed by atoms with Crippen molar-refractivity contribution in [1.29, 1.82) is 0 Å². The van der Waals surface area contributed by atoms with Crippen LogP contribution in [0.25, 0.3) is 15.8 Å². The number of benzene rings is 1. The van der Waals surface area contributed by atoms with E-state index >= 15 is 0 Å². The Kier molecular flexibility index (Phi) is 2.55. The van der Waals surface area contributed by atoms with Crippen molar-refractivity contribution in [2.45, 2.75) is 6.42 Å². The molecular formula is C11H8BrNO. The van der Waals surface area contributed by atoms with E-state index < -0.39 is 0 Å². The minimum absolute atomic E-state index is 0.487. The minimum Gasteiger partial charge on any atom is -0.461 e. The second-order valence-corrected chi connectivity index (χ2v) is 3.94. The SMILES string of the molecule is [C-]#[N+]CCc1cc2ccc(Br)cc2o1. The second kappa shape index (κ2) is 3.85. The van der Waals surface area contributed by atoms with E-state index in [9.17, 15) is 0 Å². The maximum Gasteiger partial charge on any atom is 0.221 e. The van der Waals surface area contributed by atoms with Gasteiger partial charge in [-0.3, -0.25) is 0 Å².